The van der Waals surface area contributed by atoms with Crippen LogP contribution in [0.4, 0.5) is 5.82 Å². The van der Waals surface area contributed by atoms with E-state index in [0.29, 0.717) is 23.0 Å². The summed E-state index contributed by atoms with van der Waals surface area (Å²) in [5, 5.41) is 11.5. The molecule has 204 valence electrons. The molecule has 1 fully saturated rings. The van der Waals surface area contributed by atoms with Crippen LogP contribution in [0.5, 0.6) is 5.88 Å². The van der Waals surface area contributed by atoms with E-state index in [-0.39, 0.29) is 49.3 Å². The number of nitrogens with zero attached hydrogens (tertiary/aromatic N) is 2. The van der Waals surface area contributed by atoms with Gasteiger partial charge in [0, 0.05) is 31.5 Å². The molecule has 0 aromatic carbocycles. The minimum atomic E-state index is -0.602. The molecule has 37 heavy (non-hydrogen) atoms. The van der Waals surface area contributed by atoms with Crippen molar-refractivity contribution in [3.05, 3.63) is 65.5 Å². The van der Waals surface area contributed by atoms with Crippen LogP contribution in [0.25, 0.3) is 5.73 Å². The minimum absolute atomic E-state index is 0. The van der Waals surface area contributed by atoms with Gasteiger partial charge in [0.15, 0.2) is 11.6 Å². The fourth-order valence-corrected chi connectivity index (χ4v) is 3.10. The topological polar surface area (TPSA) is 151 Å². The van der Waals surface area contributed by atoms with Crippen molar-refractivity contribution in [1.29, 1.82) is 0 Å². The Morgan fingerprint density at radius 1 is 1.22 bits per heavy atom. The molecule has 0 radical (unpaired) electrons. The number of carbonyl (C=O) groups excluding carboxylic acids is 1. The summed E-state index contributed by atoms with van der Waals surface area (Å²) >= 11 is 0. The minimum Gasteiger partial charge on any atom is -0.680 e. The van der Waals surface area contributed by atoms with Crippen LogP contribution in [0, 0.1) is 12.0 Å². The molecular formula is C27H41HfN5O4-2. The molecule has 0 saturated heterocycles. The molecule has 1 aliphatic carbocycles. The van der Waals surface area contributed by atoms with Crippen LogP contribution in [0.2, 0.25) is 0 Å². The maximum atomic E-state index is 12.6. The molecule has 0 amide bonds. The van der Waals surface area contributed by atoms with Crippen molar-refractivity contribution in [3.63, 3.8) is 0 Å². The number of ketones is 1. The molecule has 1 saturated carbocycles. The Bertz CT molecular complexity index is 948. The number of allylic oxidation sites excluding steroid dienone is 6. The standard InChI is InChI=1S/C19H25N4O2.C7H12O2.CH4N.Hf/c1-12(2)8-7-9-14(5)19(24)18(15(6)20)23-16-10-21-11-17(22-16)25-13(3)4;8-7(9)6-4-2-1-3-5-6;1-2;/h7,9-11,13H,1,20H2,2-6H3,(H,22,23);6H,1-5H2,(H,8,9);2H,1H3;/q-1;;-1;/b14-9+,18-15+;;;. The summed E-state index contributed by atoms with van der Waals surface area (Å²) in [6.45, 7) is 12.7. The summed E-state index contributed by atoms with van der Waals surface area (Å²) < 4.78 is 5.50. The van der Waals surface area contributed by atoms with E-state index in [1.807, 2.05) is 20.8 Å². The SMILES string of the molecule is C=C(C)[C-]=C/C=C(\C)C(=O)/C(Nc1cncc(OC(C)C)n1)=C(/C)N.C[NH-].O=C(O)C1CCCCC1.[Hf]. The monoisotopic (exact) mass is 679 g/mol. The molecule has 5 N–H and O–H groups in total. The first kappa shape index (κ1) is 36.6. The van der Waals surface area contributed by atoms with Crippen LogP contribution in [-0.2, 0) is 35.4 Å². The van der Waals surface area contributed by atoms with Gasteiger partial charge in [-0.15, -0.1) is 0 Å². The van der Waals surface area contributed by atoms with Gasteiger partial charge < -0.3 is 26.6 Å². The third kappa shape index (κ3) is 16.0. The number of carboxylic acids is 1. The Balaban J connectivity index is 0. The molecule has 2 rings (SSSR count). The number of anilines is 1. The zero-order chi connectivity index (χ0) is 27.7. The Kier molecular flexibility index (Phi) is 20.2. The Labute approximate surface area is 240 Å². The Morgan fingerprint density at radius 2 is 1.81 bits per heavy atom. The average Bonchev–Trinajstić information content (AvgIpc) is 2.83. The predicted octanol–water partition coefficient (Wildman–Crippen LogP) is 5.63. The van der Waals surface area contributed by atoms with E-state index in [0.717, 1.165) is 31.3 Å². The van der Waals surface area contributed by atoms with Gasteiger partial charge in [0.05, 0.1) is 24.4 Å². The van der Waals surface area contributed by atoms with Gasteiger partial charge >= 0.3 is 5.97 Å². The van der Waals surface area contributed by atoms with E-state index in [1.54, 1.807) is 26.0 Å². The summed E-state index contributed by atoms with van der Waals surface area (Å²) in [6.07, 6.45) is 14.4. The number of Topliss-reactive ketones (excluding diaryl/α,β-unsaturated/α-hetero) is 1. The molecule has 1 aromatic rings. The summed E-state index contributed by atoms with van der Waals surface area (Å²) in [4.78, 5) is 31.3. The van der Waals surface area contributed by atoms with E-state index in [4.69, 9.17) is 21.3 Å². The molecule has 10 heteroatoms. The molecule has 0 spiro atoms. The normalized spacial score (nSPS) is 14.2. The van der Waals surface area contributed by atoms with Crippen molar-refractivity contribution < 1.29 is 45.3 Å². The van der Waals surface area contributed by atoms with Crippen molar-refractivity contribution in [2.24, 2.45) is 11.7 Å². The van der Waals surface area contributed by atoms with Crippen molar-refractivity contribution in [3.8, 4) is 5.88 Å². The van der Waals surface area contributed by atoms with Gasteiger partial charge in [0.2, 0.25) is 5.88 Å². The summed E-state index contributed by atoms with van der Waals surface area (Å²) in [6, 6.07) is 0. The molecule has 0 atom stereocenters. The predicted molar refractivity (Wildman–Crippen MR) is 144 cm³/mol. The van der Waals surface area contributed by atoms with Gasteiger partial charge in [-0.05, 0) is 40.5 Å². The average molecular weight is 678 g/mol. The molecule has 1 aromatic heterocycles. The third-order valence-corrected chi connectivity index (χ3v) is 4.82. The van der Waals surface area contributed by atoms with Gasteiger partial charge in [-0.1, -0.05) is 31.8 Å². The van der Waals surface area contributed by atoms with Crippen LogP contribution < -0.4 is 15.8 Å². The smallest absolute Gasteiger partial charge is 0.306 e. The number of rotatable bonds is 9. The largest absolute Gasteiger partial charge is 0.680 e. The molecule has 0 bridgehead atoms. The van der Waals surface area contributed by atoms with Gasteiger partial charge in [0.1, 0.15) is 5.70 Å². The molecule has 9 nitrogen and oxygen atoms in total. The first-order valence-electron chi connectivity index (χ1n) is 11.9. The second kappa shape index (κ2) is 20.5. The molecule has 1 heterocycles. The number of hydrogen-bond donors (Lipinski definition) is 3. The number of nitrogens with two attached hydrogens (primary N) is 1. The van der Waals surface area contributed by atoms with Gasteiger partial charge in [-0.2, -0.15) is 42.4 Å². The maximum absolute atomic E-state index is 12.6. The second-order valence-corrected chi connectivity index (χ2v) is 8.54. The van der Waals surface area contributed by atoms with Gasteiger partial charge in [-0.3, -0.25) is 14.6 Å². The summed E-state index contributed by atoms with van der Waals surface area (Å²) in [7, 11) is 1.25. The number of nitrogens with one attached hydrogen (secondary N) is 2. The molecule has 0 aliphatic heterocycles. The number of ether oxygens (including phenoxy) is 1. The molecule has 0 unspecified atom stereocenters. The van der Waals surface area contributed by atoms with Gasteiger partial charge in [0.25, 0.3) is 0 Å². The number of aliphatic carboxylic acids is 1. The van der Waals surface area contributed by atoms with Crippen LogP contribution in [0.1, 0.15) is 66.7 Å². The van der Waals surface area contributed by atoms with Crippen LogP contribution in [-0.4, -0.2) is 40.0 Å². The first-order valence-corrected chi connectivity index (χ1v) is 11.9. The zero-order valence-corrected chi connectivity index (χ0v) is 26.4. The zero-order valence-electron chi connectivity index (χ0n) is 22.9. The number of aromatic nitrogens is 2. The van der Waals surface area contributed by atoms with Crippen molar-refractivity contribution in [2.75, 3.05) is 12.4 Å². The van der Waals surface area contributed by atoms with Crippen molar-refractivity contribution in [2.45, 2.75) is 72.8 Å². The second-order valence-electron chi connectivity index (χ2n) is 8.54. The van der Waals surface area contributed by atoms with E-state index in [1.165, 1.54) is 25.9 Å². The number of carboxylic acid groups (broad SMARTS) is 1. The summed E-state index contributed by atoms with van der Waals surface area (Å²) in [5.74, 6) is -0.124. The van der Waals surface area contributed by atoms with Crippen LogP contribution >= 0.6 is 0 Å². The van der Waals surface area contributed by atoms with E-state index >= 15 is 0 Å². The summed E-state index contributed by atoms with van der Waals surface area (Å²) in [5.41, 5.74) is 13.5. The van der Waals surface area contributed by atoms with Crippen LogP contribution in [0.3, 0.4) is 0 Å². The quantitative estimate of drug-likeness (QED) is 0.132. The van der Waals surface area contributed by atoms with E-state index in [2.05, 4.69) is 27.9 Å². The molecular weight excluding hydrogens is 637 g/mol. The number of carbonyl (C=O) groups is 2. The van der Waals surface area contributed by atoms with Crippen LogP contribution in [0.15, 0.2) is 53.7 Å². The van der Waals surface area contributed by atoms with Crippen molar-refractivity contribution in [1.82, 2.24) is 9.97 Å². The Morgan fingerprint density at radius 3 is 2.27 bits per heavy atom. The fourth-order valence-electron chi connectivity index (χ4n) is 3.10. The first-order chi connectivity index (χ1) is 17.0. The number of hydrogen-bond acceptors (Lipinski definition) is 7. The third-order valence-electron chi connectivity index (χ3n) is 4.82. The molecule has 1 aliphatic rings. The fraction of sp³-hybridized carbons (Fsp3) is 0.481. The maximum Gasteiger partial charge on any atom is 0.306 e. The van der Waals surface area contributed by atoms with E-state index < -0.39 is 5.97 Å². The Hall–Kier alpha value is -2.59. The van der Waals surface area contributed by atoms with Gasteiger partial charge in [-0.25, -0.2) is 0 Å². The van der Waals surface area contributed by atoms with E-state index in [9.17, 15) is 9.59 Å². The van der Waals surface area contributed by atoms with Crippen molar-refractivity contribution >= 4 is 17.6 Å².